The Morgan fingerprint density at radius 2 is 1.60 bits per heavy atom. The van der Waals surface area contributed by atoms with Crippen molar-refractivity contribution in [2.24, 2.45) is 0 Å². The first-order chi connectivity index (χ1) is 16.7. The van der Waals surface area contributed by atoms with Crippen molar-refractivity contribution < 1.29 is 22.7 Å². The third-order valence-electron chi connectivity index (χ3n) is 5.60. The number of hydrogen-bond donors (Lipinski definition) is 1. The van der Waals surface area contributed by atoms with Crippen LogP contribution in [0, 0.1) is 13.8 Å². The monoisotopic (exact) mass is 496 g/mol. The van der Waals surface area contributed by atoms with Crippen LogP contribution in [0.1, 0.15) is 23.1 Å². The Morgan fingerprint density at radius 1 is 0.886 bits per heavy atom. The Balaban J connectivity index is 1.79. The van der Waals surface area contributed by atoms with Crippen LogP contribution < -0.4 is 19.1 Å². The maximum absolute atomic E-state index is 13.6. The highest BCUT2D eigenvalue weighted by Crippen LogP contribution is 2.33. The molecule has 0 bridgehead atoms. The van der Waals surface area contributed by atoms with Crippen molar-refractivity contribution in [1.82, 2.24) is 5.32 Å². The second kappa shape index (κ2) is 11.8. The van der Waals surface area contributed by atoms with Crippen LogP contribution in [0.4, 0.5) is 5.69 Å². The fourth-order valence-electron chi connectivity index (χ4n) is 3.71. The summed E-state index contributed by atoms with van der Waals surface area (Å²) in [6.07, 6.45) is 1.57. The second-order valence-corrected chi connectivity index (χ2v) is 10.2. The molecule has 7 nitrogen and oxygen atoms in total. The standard InChI is InChI=1S/C27H32N2O5S/c1-20-10-13-24(14-11-20)35(31,32)29(23-12-15-25(33-3)26(18-23)34-4)19-27(30)28-16-6-9-22-8-5-7-21(2)17-22/h5,7-8,10-15,17-18H,6,9,16,19H2,1-4H3,(H,28,30). The molecule has 0 aliphatic carbocycles. The molecule has 1 N–H and O–H groups in total. The topological polar surface area (TPSA) is 84.9 Å². The Kier molecular flexibility index (Phi) is 8.76. The van der Waals surface area contributed by atoms with E-state index in [1.165, 1.54) is 37.5 Å². The van der Waals surface area contributed by atoms with Gasteiger partial charge in [0.1, 0.15) is 6.54 Å². The SMILES string of the molecule is COc1ccc(N(CC(=O)NCCCc2cccc(C)c2)S(=O)(=O)c2ccc(C)cc2)cc1OC. The van der Waals surface area contributed by atoms with Crippen molar-refractivity contribution in [3.05, 3.63) is 83.4 Å². The highest BCUT2D eigenvalue weighted by molar-refractivity contribution is 7.92. The molecule has 0 atom stereocenters. The number of aryl methyl sites for hydroxylation is 3. The fourth-order valence-corrected chi connectivity index (χ4v) is 5.12. The minimum atomic E-state index is -4.01. The van der Waals surface area contributed by atoms with Gasteiger partial charge in [0.2, 0.25) is 5.91 Å². The number of anilines is 1. The van der Waals surface area contributed by atoms with Gasteiger partial charge in [0.25, 0.3) is 10.0 Å². The summed E-state index contributed by atoms with van der Waals surface area (Å²) in [6, 6.07) is 19.5. The summed E-state index contributed by atoms with van der Waals surface area (Å²) in [5.41, 5.74) is 3.64. The number of nitrogens with zero attached hydrogens (tertiary/aromatic N) is 1. The number of ether oxygens (including phenoxy) is 2. The number of benzene rings is 3. The van der Waals surface area contributed by atoms with Crippen molar-refractivity contribution in [3.8, 4) is 11.5 Å². The first-order valence-electron chi connectivity index (χ1n) is 11.4. The van der Waals surface area contributed by atoms with Crippen LogP contribution in [-0.4, -0.2) is 41.6 Å². The number of nitrogens with one attached hydrogen (secondary N) is 1. The maximum atomic E-state index is 13.6. The number of sulfonamides is 1. The van der Waals surface area contributed by atoms with Crippen molar-refractivity contribution in [3.63, 3.8) is 0 Å². The number of carbonyl (C=O) groups excluding carboxylic acids is 1. The zero-order chi connectivity index (χ0) is 25.4. The van der Waals surface area contributed by atoms with Gasteiger partial charge in [0, 0.05) is 12.6 Å². The molecule has 186 valence electrons. The van der Waals surface area contributed by atoms with E-state index in [-0.39, 0.29) is 17.3 Å². The van der Waals surface area contributed by atoms with Crippen LogP contribution in [0.2, 0.25) is 0 Å². The average molecular weight is 497 g/mol. The normalized spacial score (nSPS) is 11.1. The summed E-state index contributed by atoms with van der Waals surface area (Å²) in [5.74, 6) is 0.442. The largest absolute Gasteiger partial charge is 0.493 e. The van der Waals surface area contributed by atoms with Crippen molar-refractivity contribution >= 4 is 21.6 Å². The number of methoxy groups -OCH3 is 2. The van der Waals surface area contributed by atoms with E-state index in [0.29, 0.717) is 23.7 Å². The molecule has 0 heterocycles. The van der Waals surface area contributed by atoms with Crippen LogP contribution >= 0.6 is 0 Å². The minimum Gasteiger partial charge on any atom is -0.493 e. The summed E-state index contributed by atoms with van der Waals surface area (Å²) in [7, 11) is -1.04. The lowest BCUT2D eigenvalue weighted by molar-refractivity contribution is -0.119. The van der Waals surface area contributed by atoms with E-state index < -0.39 is 10.0 Å². The predicted molar refractivity (Wildman–Crippen MR) is 138 cm³/mol. The minimum absolute atomic E-state index is 0.102. The van der Waals surface area contributed by atoms with Gasteiger partial charge >= 0.3 is 0 Å². The molecule has 3 rings (SSSR count). The fraction of sp³-hybridized carbons (Fsp3) is 0.296. The van der Waals surface area contributed by atoms with E-state index in [2.05, 4.69) is 17.4 Å². The first kappa shape index (κ1) is 26.1. The maximum Gasteiger partial charge on any atom is 0.264 e. The van der Waals surface area contributed by atoms with Gasteiger partial charge in [-0.15, -0.1) is 0 Å². The van der Waals surface area contributed by atoms with Gasteiger partial charge in [-0.25, -0.2) is 8.42 Å². The van der Waals surface area contributed by atoms with Crippen LogP contribution in [0.3, 0.4) is 0 Å². The first-order valence-corrected chi connectivity index (χ1v) is 12.8. The van der Waals surface area contributed by atoms with E-state index in [1.54, 1.807) is 30.3 Å². The lowest BCUT2D eigenvalue weighted by Gasteiger charge is -2.25. The van der Waals surface area contributed by atoms with Crippen LogP contribution in [0.25, 0.3) is 0 Å². The molecule has 0 unspecified atom stereocenters. The lowest BCUT2D eigenvalue weighted by atomic mass is 10.1. The van der Waals surface area contributed by atoms with Gasteiger partial charge < -0.3 is 14.8 Å². The third-order valence-corrected chi connectivity index (χ3v) is 7.39. The van der Waals surface area contributed by atoms with Gasteiger partial charge in [-0.2, -0.15) is 0 Å². The van der Waals surface area contributed by atoms with E-state index >= 15 is 0 Å². The Hall–Kier alpha value is -3.52. The molecule has 0 aliphatic rings. The van der Waals surface area contributed by atoms with Gasteiger partial charge in [-0.3, -0.25) is 9.10 Å². The Bertz CT molecular complexity index is 1260. The number of rotatable bonds is 11. The molecule has 0 saturated heterocycles. The predicted octanol–water partition coefficient (Wildman–Crippen LogP) is 4.26. The molecule has 0 radical (unpaired) electrons. The van der Waals surface area contributed by atoms with Gasteiger partial charge in [-0.1, -0.05) is 47.5 Å². The lowest BCUT2D eigenvalue weighted by Crippen LogP contribution is -2.41. The van der Waals surface area contributed by atoms with E-state index in [0.717, 1.165) is 22.7 Å². The van der Waals surface area contributed by atoms with Crippen LogP contribution in [0.5, 0.6) is 11.5 Å². The number of amides is 1. The average Bonchev–Trinajstić information content (AvgIpc) is 2.85. The van der Waals surface area contributed by atoms with Crippen molar-refractivity contribution in [1.29, 1.82) is 0 Å². The zero-order valence-corrected chi connectivity index (χ0v) is 21.4. The highest BCUT2D eigenvalue weighted by atomic mass is 32.2. The summed E-state index contributed by atoms with van der Waals surface area (Å²) in [6.45, 7) is 4.00. The van der Waals surface area contributed by atoms with E-state index in [1.807, 2.05) is 26.0 Å². The molecule has 3 aromatic rings. The van der Waals surface area contributed by atoms with Crippen molar-refractivity contribution in [2.45, 2.75) is 31.6 Å². The molecule has 0 aliphatic heterocycles. The molecule has 0 aromatic heterocycles. The number of carbonyl (C=O) groups is 1. The summed E-state index contributed by atoms with van der Waals surface area (Å²) in [4.78, 5) is 12.9. The number of hydrogen-bond acceptors (Lipinski definition) is 5. The van der Waals surface area contributed by atoms with E-state index in [9.17, 15) is 13.2 Å². The summed E-state index contributed by atoms with van der Waals surface area (Å²) >= 11 is 0. The molecule has 35 heavy (non-hydrogen) atoms. The Labute approximate surface area is 207 Å². The Morgan fingerprint density at radius 3 is 2.26 bits per heavy atom. The van der Waals surface area contributed by atoms with Crippen LogP contribution in [0.15, 0.2) is 71.6 Å². The van der Waals surface area contributed by atoms with Crippen molar-refractivity contribution in [2.75, 3.05) is 31.6 Å². The van der Waals surface area contributed by atoms with Gasteiger partial charge in [-0.05, 0) is 56.5 Å². The summed E-state index contributed by atoms with van der Waals surface area (Å²) < 4.78 is 38.8. The molecule has 0 saturated carbocycles. The summed E-state index contributed by atoms with van der Waals surface area (Å²) in [5, 5.41) is 2.85. The van der Waals surface area contributed by atoms with Gasteiger partial charge in [0.15, 0.2) is 11.5 Å². The van der Waals surface area contributed by atoms with Crippen LogP contribution in [-0.2, 0) is 21.2 Å². The molecular formula is C27H32N2O5S. The molecular weight excluding hydrogens is 464 g/mol. The quantitative estimate of drug-likeness (QED) is 0.401. The molecule has 1 amide bonds. The molecule has 0 spiro atoms. The smallest absolute Gasteiger partial charge is 0.264 e. The molecule has 3 aromatic carbocycles. The highest BCUT2D eigenvalue weighted by Gasteiger charge is 2.28. The molecule has 0 fully saturated rings. The molecule has 8 heteroatoms. The second-order valence-electron chi connectivity index (χ2n) is 8.31. The van der Waals surface area contributed by atoms with Gasteiger partial charge in [0.05, 0.1) is 24.8 Å². The third kappa shape index (κ3) is 6.76. The zero-order valence-electron chi connectivity index (χ0n) is 20.6. The van der Waals surface area contributed by atoms with E-state index in [4.69, 9.17) is 9.47 Å².